The maximum absolute atomic E-state index is 2.58. The van der Waals surface area contributed by atoms with Crippen LogP contribution in [-0.2, 0) is 29.1 Å². The molecule has 0 atom stereocenters. The zero-order chi connectivity index (χ0) is 82.7. The number of nitrogens with zero attached hydrogens (tertiary/aromatic N) is 3. The van der Waals surface area contributed by atoms with E-state index in [1.807, 2.05) is 0 Å². The molecule has 600 valence electrons. The molecule has 0 aliphatic carbocycles. The first-order valence-corrected chi connectivity index (χ1v) is 44.4. The Hall–Kier alpha value is -12.3. The maximum Gasteiger partial charge on any atom is 0.0543 e. The van der Waals surface area contributed by atoms with Crippen molar-refractivity contribution in [1.82, 2.24) is 0 Å². The van der Waals surface area contributed by atoms with E-state index < -0.39 is 0 Å². The van der Waals surface area contributed by atoms with Crippen molar-refractivity contribution in [2.24, 2.45) is 0 Å². The van der Waals surface area contributed by atoms with Gasteiger partial charge >= 0.3 is 0 Å². The van der Waals surface area contributed by atoms with Crippen molar-refractivity contribution in [1.29, 1.82) is 0 Å². The molecule has 0 amide bonds. The van der Waals surface area contributed by atoms with Crippen LogP contribution in [0.25, 0.3) is 88.0 Å². The van der Waals surface area contributed by atoms with Gasteiger partial charge < -0.3 is 14.7 Å². The summed E-state index contributed by atoms with van der Waals surface area (Å²) in [4.78, 5) is 7.47. The molecular weight excluding hydrogens is 1450 g/mol. The summed E-state index contributed by atoms with van der Waals surface area (Å²) in [6.45, 7) is 23.6. The van der Waals surface area contributed by atoms with Crippen molar-refractivity contribution in [2.75, 3.05) is 14.7 Å². The fraction of sp³-hybridized carbons (Fsp3) is 0.231. The van der Waals surface area contributed by atoms with E-state index in [-0.39, 0.29) is 16.2 Å². The van der Waals surface area contributed by atoms with Gasteiger partial charge in [0, 0.05) is 50.6 Å². The van der Waals surface area contributed by atoms with Crippen LogP contribution in [0.5, 0.6) is 0 Å². The Labute approximate surface area is 715 Å². The third-order valence-electron chi connectivity index (χ3n) is 26.0. The first-order chi connectivity index (χ1) is 58.5. The third-order valence-corrected chi connectivity index (χ3v) is 26.0. The zero-order valence-electron chi connectivity index (χ0n) is 72.3. The highest BCUT2D eigenvalue weighted by molar-refractivity contribution is 6.15. The van der Waals surface area contributed by atoms with Crippen molar-refractivity contribution in [3.05, 3.63) is 391 Å². The van der Waals surface area contributed by atoms with Gasteiger partial charge in [-0.05, 0) is 256 Å². The molecule has 0 N–H and O–H groups in total. The molecule has 3 nitrogen and oxygen atoms in total. The molecule has 0 bridgehead atoms. The zero-order valence-corrected chi connectivity index (χ0v) is 72.3. The van der Waals surface area contributed by atoms with Gasteiger partial charge in [0.05, 0.1) is 11.4 Å². The SMILES string of the molecule is CCCCCCCCc1cc(-c2ccc(N(c3ccc(-c4ccccc4)cc3)c3ccc(C(C)(C)C(C)(C)c4ccc(N(c5ccc(-c6ccccc6)cc5)c5cc(C)c(-c6c(CCCCCCCC)cc(N(c7ccc(-c8ccccc8)cc7)c7ccc(C(C)(C)C)cc7)c7ccccc67)c6ccccc56)cc4)cc3)cc2)c2ccccc2c1. The number of aryl methyl sites for hydroxylation is 3. The lowest BCUT2D eigenvalue weighted by molar-refractivity contribution is 0.303. The summed E-state index contributed by atoms with van der Waals surface area (Å²) in [5, 5.41) is 7.52. The molecule has 0 fully saturated rings. The first kappa shape index (κ1) is 81.4. The van der Waals surface area contributed by atoms with Gasteiger partial charge in [-0.3, -0.25) is 0 Å². The second kappa shape index (κ2) is 36.5. The normalized spacial score (nSPS) is 11.9. The lowest BCUT2D eigenvalue weighted by Gasteiger charge is -2.43. The van der Waals surface area contributed by atoms with E-state index in [1.54, 1.807) is 0 Å². The monoisotopic (exact) mass is 1560 g/mol. The first-order valence-electron chi connectivity index (χ1n) is 44.4. The molecule has 0 radical (unpaired) electrons. The van der Waals surface area contributed by atoms with Gasteiger partial charge in [-0.25, -0.2) is 0 Å². The van der Waals surface area contributed by atoms with Gasteiger partial charge in [-0.2, -0.15) is 0 Å². The lowest BCUT2D eigenvalue weighted by Crippen LogP contribution is -2.40. The number of benzene rings is 16. The Morgan fingerprint density at radius 3 is 0.975 bits per heavy atom. The van der Waals surface area contributed by atoms with Crippen LogP contribution >= 0.6 is 0 Å². The van der Waals surface area contributed by atoms with Gasteiger partial charge in [0.2, 0.25) is 0 Å². The molecular formula is C117H117N3. The fourth-order valence-corrected chi connectivity index (χ4v) is 18.3. The Morgan fingerprint density at radius 2 is 0.558 bits per heavy atom. The number of hydrogen-bond acceptors (Lipinski definition) is 3. The molecule has 3 heteroatoms. The second-order valence-corrected chi connectivity index (χ2v) is 35.4. The van der Waals surface area contributed by atoms with Crippen molar-refractivity contribution in [3.8, 4) is 55.6 Å². The molecule has 0 saturated carbocycles. The molecule has 0 aromatic heterocycles. The third kappa shape index (κ3) is 17.4. The molecule has 0 aliphatic heterocycles. The summed E-state index contributed by atoms with van der Waals surface area (Å²) in [5.74, 6) is 0. The standard InChI is InChI=1S/C117H117N3/c1-11-13-15-17-19-24-38-85-81-93-45-32-33-47-105(93)110(82-85)92-58-72-99(73-59-92)118(98-66-52-89(53-67-98)86-39-26-21-27-40-86)100-76-62-96(63-77-100)116(7,8)117(9,10)97-64-78-104(79-65-97)119(101-68-54-90(55-69-101)87-41-28-22-29-42-87)111-80-84(3)113(108-50-36-34-48-106(108)111)114-94(46-25-20-18-16-14-12-2)83-112(107-49-35-37-51-109(107)114)120(103-74-60-95(61-75-103)115(4,5)6)102-70-56-91(57-71-102)88-43-30-23-31-44-88/h21-23,26-37,39-45,47-83H,11-20,24-25,38,46H2,1-10H3. The number of anilines is 9. The Kier molecular flexibility index (Phi) is 24.8. The van der Waals surface area contributed by atoms with Crippen molar-refractivity contribution >= 4 is 83.5 Å². The minimum absolute atomic E-state index is 0.00794. The smallest absolute Gasteiger partial charge is 0.0543 e. The summed E-state index contributed by atoms with van der Waals surface area (Å²) in [7, 11) is 0. The summed E-state index contributed by atoms with van der Waals surface area (Å²) in [6, 6.07) is 135. The van der Waals surface area contributed by atoms with E-state index in [0.717, 1.165) is 64.8 Å². The van der Waals surface area contributed by atoms with Gasteiger partial charge in [0.15, 0.2) is 0 Å². The van der Waals surface area contributed by atoms with Crippen LogP contribution in [0, 0.1) is 6.92 Å². The molecule has 16 aromatic carbocycles. The lowest BCUT2D eigenvalue weighted by atomic mass is 9.61. The average molecular weight is 1570 g/mol. The molecule has 0 unspecified atom stereocenters. The van der Waals surface area contributed by atoms with Crippen LogP contribution in [0.2, 0.25) is 0 Å². The fourth-order valence-electron chi connectivity index (χ4n) is 18.3. The van der Waals surface area contributed by atoms with E-state index in [2.05, 4.69) is 442 Å². The molecule has 16 rings (SSSR count). The number of rotatable bonds is 31. The topological polar surface area (TPSA) is 9.72 Å². The quantitative estimate of drug-likeness (QED) is 0.0401. The minimum Gasteiger partial charge on any atom is -0.311 e. The Morgan fingerprint density at radius 1 is 0.242 bits per heavy atom. The summed E-state index contributed by atoms with van der Waals surface area (Å²) in [5.41, 5.74) is 29.8. The van der Waals surface area contributed by atoms with E-state index in [4.69, 9.17) is 0 Å². The summed E-state index contributed by atoms with van der Waals surface area (Å²) < 4.78 is 0. The van der Waals surface area contributed by atoms with E-state index in [0.29, 0.717) is 0 Å². The molecule has 0 saturated heterocycles. The van der Waals surface area contributed by atoms with Crippen LogP contribution in [0.1, 0.15) is 173 Å². The number of fused-ring (bicyclic) bond motifs is 3. The van der Waals surface area contributed by atoms with Crippen molar-refractivity contribution < 1.29 is 0 Å². The van der Waals surface area contributed by atoms with E-state index in [1.165, 1.54) is 198 Å². The summed E-state index contributed by atoms with van der Waals surface area (Å²) in [6.07, 6.45) is 17.1. The molecule has 0 aliphatic rings. The van der Waals surface area contributed by atoms with Crippen LogP contribution in [-0.4, -0.2) is 0 Å². The number of hydrogen-bond donors (Lipinski definition) is 0. The Bertz CT molecular complexity index is 6100. The second-order valence-electron chi connectivity index (χ2n) is 35.4. The molecule has 0 heterocycles. The highest BCUT2D eigenvalue weighted by Crippen LogP contribution is 2.52. The van der Waals surface area contributed by atoms with Crippen LogP contribution in [0.3, 0.4) is 0 Å². The van der Waals surface area contributed by atoms with E-state index >= 15 is 0 Å². The van der Waals surface area contributed by atoms with Crippen molar-refractivity contribution in [2.45, 2.75) is 175 Å². The van der Waals surface area contributed by atoms with E-state index in [9.17, 15) is 0 Å². The molecule has 120 heavy (non-hydrogen) atoms. The van der Waals surface area contributed by atoms with Crippen LogP contribution < -0.4 is 14.7 Å². The largest absolute Gasteiger partial charge is 0.311 e. The average Bonchev–Trinajstić information content (AvgIpc) is 0.747. The number of unbranched alkanes of at least 4 members (excludes halogenated alkanes) is 10. The maximum atomic E-state index is 2.58. The highest BCUT2D eigenvalue weighted by atomic mass is 15.2. The van der Waals surface area contributed by atoms with Crippen LogP contribution in [0.15, 0.2) is 358 Å². The van der Waals surface area contributed by atoms with Crippen LogP contribution in [0.4, 0.5) is 51.2 Å². The summed E-state index contributed by atoms with van der Waals surface area (Å²) >= 11 is 0. The predicted molar refractivity (Wildman–Crippen MR) is 520 cm³/mol. The van der Waals surface area contributed by atoms with Gasteiger partial charge in [-0.15, -0.1) is 0 Å². The molecule has 16 aromatic rings. The predicted octanol–water partition coefficient (Wildman–Crippen LogP) is 34.6. The Balaban J connectivity index is 0.762. The minimum atomic E-state index is -0.314. The van der Waals surface area contributed by atoms with Gasteiger partial charge in [0.25, 0.3) is 0 Å². The van der Waals surface area contributed by atoms with Gasteiger partial charge in [0.1, 0.15) is 0 Å². The molecule has 0 spiro atoms. The highest BCUT2D eigenvalue weighted by Gasteiger charge is 2.40. The van der Waals surface area contributed by atoms with Gasteiger partial charge in [-0.1, -0.05) is 387 Å². The van der Waals surface area contributed by atoms with Crippen molar-refractivity contribution in [3.63, 3.8) is 0 Å².